The van der Waals surface area contributed by atoms with Gasteiger partial charge >= 0.3 is 5.97 Å². The maximum Gasteiger partial charge on any atom is 0.322 e. The van der Waals surface area contributed by atoms with Crippen molar-refractivity contribution < 1.29 is 9.90 Å². The summed E-state index contributed by atoms with van der Waals surface area (Å²) in [5, 5.41) is 12.3. The Morgan fingerprint density at radius 2 is 1.89 bits per heavy atom. The Balaban J connectivity index is 4.40. The number of rotatable bonds is 10. The van der Waals surface area contributed by atoms with Crippen molar-refractivity contribution in [3.63, 3.8) is 0 Å². The summed E-state index contributed by atoms with van der Waals surface area (Å²) >= 11 is 0. The third-order valence-corrected chi connectivity index (χ3v) is 3.01. The molecule has 0 aromatic carbocycles. The highest BCUT2D eigenvalue weighted by Gasteiger charge is 2.22. The van der Waals surface area contributed by atoms with E-state index in [1.807, 2.05) is 21.0 Å². The predicted molar refractivity (Wildman–Crippen MR) is 75.0 cm³/mol. The molecule has 0 bridgehead atoms. The lowest BCUT2D eigenvalue weighted by molar-refractivity contribution is -0.140. The van der Waals surface area contributed by atoms with Crippen molar-refractivity contribution in [2.24, 2.45) is 0 Å². The lowest BCUT2D eigenvalue weighted by atomic mass is 10.2. The van der Waals surface area contributed by atoms with Gasteiger partial charge in [0.15, 0.2) is 0 Å². The van der Waals surface area contributed by atoms with E-state index in [-0.39, 0.29) is 0 Å². The molecule has 0 heterocycles. The number of carbonyl (C=O) groups is 1. The van der Waals surface area contributed by atoms with Crippen LogP contribution in [0.3, 0.4) is 0 Å². The average Bonchev–Trinajstić information content (AvgIpc) is 2.27. The fourth-order valence-corrected chi connectivity index (χ4v) is 2.05. The molecule has 5 nitrogen and oxygen atoms in total. The van der Waals surface area contributed by atoms with Crippen LogP contribution in [-0.2, 0) is 4.79 Å². The number of hydrogen-bond donors (Lipinski definition) is 2. The van der Waals surface area contributed by atoms with E-state index in [2.05, 4.69) is 29.0 Å². The number of hydrogen-bond acceptors (Lipinski definition) is 4. The molecule has 0 saturated carbocycles. The van der Waals surface area contributed by atoms with Gasteiger partial charge in [-0.15, -0.1) is 0 Å². The molecule has 0 aliphatic carbocycles. The fraction of sp³-hybridized carbons (Fsp3) is 0.923. The highest BCUT2D eigenvalue weighted by molar-refractivity contribution is 5.73. The second kappa shape index (κ2) is 9.30. The van der Waals surface area contributed by atoms with Gasteiger partial charge in [-0.1, -0.05) is 13.8 Å². The molecule has 108 valence electrons. The number of nitrogens with zero attached hydrogens (tertiary/aromatic N) is 2. The van der Waals surface area contributed by atoms with Crippen LogP contribution >= 0.6 is 0 Å². The van der Waals surface area contributed by atoms with Gasteiger partial charge < -0.3 is 15.3 Å². The zero-order chi connectivity index (χ0) is 14.1. The highest BCUT2D eigenvalue weighted by atomic mass is 16.4. The largest absolute Gasteiger partial charge is 0.480 e. The summed E-state index contributed by atoms with van der Waals surface area (Å²) in [5.74, 6) is -0.765. The van der Waals surface area contributed by atoms with Crippen molar-refractivity contribution in [3.05, 3.63) is 0 Å². The molecular weight excluding hydrogens is 230 g/mol. The molecule has 0 aliphatic rings. The summed E-state index contributed by atoms with van der Waals surface area (Å²) in [4.78, 5) is 15.5. The number of nitrogens with one attached hydrogen (secondary N) is 1. The minimum Gasteiger partial charge on any atom is -0.480 e. The van der Waals surface area contributed by atoms with E-state index < -0.39 is 12.0 Å². The van der Waals surface area contributed by atoms with E-state index in [1.54, 1.807) is 0 Å². The molecule has 18 heavy (non-hydrogen) atoms. The third-order valence-electron chi connectivity index (χ3n) is 3.01. The number of carboxylic acid groups (broad SMARTS) is 1. The van der Waals surface area contributed by atoms with Gasteiger partial charge in [0, 0.05) is 19.1 Å². The van der Waals surface area contributed by atoms with Crippen LogP contribution < -0.4 is 5.32 Å². The number of carboxylic acids is 1. The second-order valence-electron chi connectivity index (χ2n) is 5.04. The molecule has 2 atom stereocenters. The Morgan fingerprint density at radius 3 is 2.28 bits per heavy atom. The van der Waals surface area contributed by atoms with Crippen LogP contribution in [0.1, 0.15) is 27.2 Å². The molecule has 0 saturated heterocycles. The van der Waals surface area contributed by atoms with Gasteiger partial charge in [-0.25, -0.2) is 0 Å². The first-order valence-electron chi connectivity index (χ1n) is 6.77. The zero-order valence-corrected chi connectivity index (χ0v) is 12.4. The molecule has 0 rings (SSSR count). The smallest absolute Gasteiger partial charge is 0.322 e. The van der Waals surface area contributed by atoms with Crippen LogP contribution in [0.5, 0.6) is 0 Å². The Bertz CT molecular complexity index is 234. The molecule has 2 N–H and O–H groups in total. The van der Waals surface area contributed by atoms with Crippen LogP contribution in [0.15, 0.2) is 0 Å². The molecule has 0 aromatic heterocycles. The maximum absolute atomic E-state index is 11.2. The molecule has 2 unspecified atom stereocenters. The summed E-state index contributed by atoms with van der Waals surface area (Å²) < 4.78 is 0. The standard InChI is InChI=1S/C13H29N3O2/c1-6-8-14-12(13(17)18)10-16(7-2)11(3)9-15(4)5/h11-12,14H,6-10H2,1-5H3,(H,17,18). The Hall–Kier alpha value is -0.650. The lowest BCUT2D eigenvalue weighted by Crippen LogP contribution is -2.50. The Morgan fingerprint density at radius 1 is 1.28 bits per heavy atom. The van der Waals surface area contributed by atoms with Gasteiger partial charge in [0.1, 0.15) is 6.04 Å². The molecule has 0 spiro atoms. The van der Waals surface area contributed by atoms with Crippen molar-refractivity contribution in [2.45, 2.75) is 39.3 Å². The number of likely N-dealkylation sites (N-methyl/N-ethyl adjacent to an activating group) is 2. The lowest BCUT2D eigenvalue weighted by Gasteiger charge is -2.32. The van der Waals surface area contributed by atoms with Gasteiger partial charge in [0.2, 0.25) is 0 Å². The van der Waals surface area contributed by atoms with Crippen LogP contribution in [0.2, 0.25) is 0 Å². The van der Waals surface area contributed by atoms with Gasteiger partial charge in [0.05, 0.1) is 0 Å². The maximum atomic E-state index is 11.2. The average molecular weight is 259 g/mol. The fourth-order valence-electron chi connectivity index (χ4n) is 2.05. The van der Waals surface area contributed by atoms with E-state index in [4.69, 9.17) is 0 Å². The third kappa shape index (κ3) is 6.93. The summed E-state index contributed by atoms with van der Waals surface area (Å²) in [7, 11) is 4.07. The van der Waals surface area contributed by atoms with Gasteiger partial charge in [0.25, 0.3) is 0 Å². The molecule has 5 heteroatoms. The van der Waals surface area contributed by atoms with Crippen LogP contribution in [0, 0.1) is 0 Å². The van der Waals surface area contributed by atoms with E-state index >= 15 is 0 Å². The van der Waals surface area contributed by atoms with Crippen molar-refractivity contribution in [3.8, 4) is 0 Å². The van der Waals surface area contributed by atoms with Crippen molar-refractivity contribution in [2.75, 3.05) is 40.3 Å². The monoisotopic (exact) mass is 259 g/mol. The minimum absolute atomic E-state index is 0.357. The first-order valence-corrected chi connectivity index (χ1v) is 6.77. The molecule has 0 aliphatic heterocycles. The van der Waals surface area contributed by atoms with E-state index in [1.165, 1.54) is 0 Å². The predicted octanol–water partition coefficient (Wildman–Crippen LogP) is 0.711. The van der Waals surface area contributed by atoms with Gasteiger partial charge in [-0.3, -0.25) is 9.69 Å². The first-order chi connectivity index (χ1) is 8.42. The van der Waals surface area contributed by atoms with Crippen LogP contribution in [-0.4, -0.2) is 73.2 Å². The quantitative estimate of drug-likeness (QED) is 0.605. The second-order valence-corrected chi connectivity index (χ2v) is 5.04. The topological polar surface area (TPSA) is 55.8 Å². The van der Waals surface area contributed by atoms with Gasteiger partial charge in [-0.05, 0) is 40.5 Å². The van der Waals surface area contributed by atoms with E-state index in [9.17, 15) is 9.90 Å². The van der Waals surface area contributed by atoms with Gasteiger partial charge in [-0.2, -0.15) is 0 Å². The normalized spacial score (nSPS) is 15.1. The summed E-state index contributed by atoms with van der Waals surface area (Å²) in [6, 6.07) is -0.121. The molecular formula is C13H29N3O2. The van der Waals surface area contributed by atoms with Crippen LogP contribution in [0.25, 0.3) is 0 Å². The summed E-state index contributed by atoms with van der Waals surface area (Å²) in [6.45, 7) is 9.36. The SMILES string of the molecule is CCCNC(CN(CC)C(C)CN(C)C)C(=O)O. The first kappa shape index (κ1) is 17.4. The van der Waals surface area contributed by atoms with E-state index in [0.29, 0.717) is 12.6 Å². The Kier molecular flexibility index (Phi) is 8.97. The molecule has 0 aromatic rings. The zero-order valence-electron chi connectivity index (χ0n) is 12.4. The minimum atomic E-state index is -0.765. The molecule has 0 fully saturated rings. The van der Waals surface area contributed by atoms with Crippen LogP contribution in [0.4, 0.5) is 0 Å². The highest BCUT2D eigenvalue weighted by Crippen LogP contribution is 2.02. The summed E-state index contributed by atoms with van der Waals surface area (Å²) in [6.07, 6.45) is 0.948. The van der Waals surface area contributed by atoms with E-state index in [0.717, 1.165) is 26.1 Å². The van der Waals surface area contributed by atoms with Crippen molar-refractivity contribution in [1.29, 1.82) is 0 Å². The Labute approximate surface area is 111 Å². The molecule has 0 amide bonds. The summed E-state index contributed by atoms with van der Waals surface area (Å²) in [5.41, 5.74) is 0. The number of aliphatic carboxylic acids is 1. The molecule has 0 radical (unpaired) electrons. The van der Waals surface area contributed by atoms with Crippen molar-refractivity contribution in [1.82, 2.24) is 15.1 Å². The van der Waals surface area contributed by atoms with Crippen molar-refractivity contribution >= 4 is 5.97 Å².